The Hall–Kier alpha value is -0.770. The molecular weight excluding hydrogens is 218 g/mol. The van der Waals surface area contributed by atoms with Gasteiger partial charge in [-0.15, -0.1) is 11.8 Å². The summed E-state index contributed by atoms with van der Waals surface area (Å²) in [6.45, 7) is 9.55. The molecule has 3 nitrogen and oxygen atoms in total. The van der Waals surface area contributed by atoms with Crippen molar-refractivity contribution < 1.29 is 0 Å². The molecule has 0 atom stereocenters. The normalized spacial score (nSPS) is 10.8. The Morgan fingerprint density at radius 2 is 2.06 bits per heavy atom. The molecule has 0 fully saturated rings. The molecule has 1 N–H and O–H groups in total. The van der Waals surface area contributed by atoms with Crippen molar-refractivity contribution in [2.45, 2.75) is 45.1 Å². The number of nitrogens with zero attached hydrogens (tertiary/aromatic N) is 2. The van der Waals surface area contributed by atoms with Crippen molar-refractivity contribution in [3.63, 3.8) is 0 Å². The van der Waals surface area contributed by atoms with Crippen LogP contribution < -0.4 is 5.32 Å². The standard InChI is InChI=1S/C12H21N3S/c1-5-7-16-12-10(9(3)4)11(13-6-2)14-8-15-12/h8-9H,5-7H2,1-4H3,(H,13,14,15). The molecule has 4 heteroatoms. The second-order valence-electron chi connectivity index (χ2n) is 3.97. The van der Waals surface area contributed by atoms with E-state index < -0.39 is 0 Å². The molecule has 1 rings (SSSR count). The largest absolute Gasteiger partial charge is 0.370 e. The van der Waals surface area contributed by atoms with Crippen molar-refractivity contribution >= 4 is 17.6 Å². The third-order valence-corrected chi connectivity index (χ3v) is 3.42. The molecule has 0 saturated heterocycles. The molecule has 0 aliphatic rings. The van der Waals surface area contributed by atoms with Crippen LogP contribution in [-0.4, -0.2) is 22.3 Å². The minimum absolute atomic E-state index is 0.453. The molecule has 0 bridgehead atoms. The molecule has 0 aliphatic heterocycles. The van der Waals surface area contributed by atoms with E-state index in [1.165, 1.54) is 12.0 Å². The van der Waals surface area contributed by atoms with Crippen LogP contribution in [0.3, 0.4) is 0 Å². The van der Waals surface area contributed by atoms with Crippen LogP contribution in [0, 0.1) is 0 Å². The zero-order valence-electron chi connectivity index (χ0n) is 10.6. The molecule has 0 unspecified atom stereocenters. The lowest BCUT2D eigenvalue weighted by Gasteiger charge is -2.15. The van der Waals surface area contributed by atoms with Gasteiger partial charge in [0, 0.05) is 12.1 Å². The highest BCUT2D eigenvalue weighted by Gasteiger charge is 2.14. The average molecular weight is 239 g/mol. The highest BCUT2D eigenvalue weighted by molar-refractivity contribution is 7.99. The van der Waals surface area contributed by atoms with Crippen LogP contribution in [0.2, 0.25) is 0 Å². The second kappa shape index (κ2) is 6.74. The van der Waals surface area contributed by atoms with Crippen LogP contribution in [0.15, 0.2) is 11.4 Å². The first-order valence-electron chi connectivity index (χ1n) is 5.92. The molecule has 1 aromatic rings. The minimum atomic E-state index is 0.453. The summed E-state index contributed by atoms with van der Waals surface area (Å²) in [5.41, 5.74) is 1.25. The van der Waals surface area contributed by atoms with Gasteiger partial charge in [0.15, 0.2) is 0 Å². The molecule has 16 heavy (non-hydrogen) atoms. The maximum Gasteiger partial charge on any atom is 0.133 e. The maximum absolute atomic E-state index is 4.39. The van der Waals surface area contributed by atoms with Gasteiger partial charge < -0.3 is 5.32 Å². The minimum Gasteiger partial charge on any atom is -0.370 e. The van der Waals surface area contributed by atoms with Crippen LogP contribution in [0.5, 0.6) is 0 Å². The molecule has 0 radical (unpaired) electrons. The molecule has 0 saturated carbocycles. The van der Waals surface area contributed by atoms with E-state index in [-0.39, 0.29) is 0 Å². The first-order valence-corrected chi connectivity index (χ1v) is 6.90. The SMILES string of the molecule is CCCSc1ncnc(NCC)c1C(C)C. The van der Waals surface area contributed by atoms with Gasteiger partial charge in [0.1, 0.15) is 17.2 Å². The Morgan fingerprint density at radius 1 is 1.31 bits per heavy atom. The van der Waals surface area contributed by atoms with Gasteiger partial charge in [0.25, 0.3) is 0 Å². The van der Waals surface area contributed by atoms with Crippen molar-refractivity contribution in [2.24, 2.45) is 0 Å². The van der Waals surface area contributed by atoms with E-state index in [1.54, 1.807) is 6.33 Å². The van der Waals surface area contributed by atoms with Crippen molar-refractivity contribution in [2.75, 3.05) is 17.6 Å². The third kappa shape index (κ3) is 3.37. The number of thioether (sulfide) groups is 1. The zero-order valence-corrected chi connectivity index (χ0v) is 11.4. The zero-order chi connectivity index (χ0) is 12.0. The van der Waals surface area contributed by atoms with Gasteiger partial charge >= 0.3 is 0 Å². The molecule has 0 amide bonds. The van der Waals surface area contributed by atoms with E-state index in [1.807, 2.05) is 11.8 Å². The fourth-order valence-corrected chi connectivity index (χ4v) is 2.53. The lowest BCUT2D eigenvalue weighted by molar-refractivity contribution is 0.803. The van der Waals surface area contributed by atoms with E-state index in [2.05, 4.69) is 43.0 Å². The van der Waals surface area contributed by atoms with Crippen LogP contribution in [0.1, 0.15) is 45.6 Å². The lowest BCUT2D eigenvalue weighted by Crippen LogP contribution is -2.07. The summed E-state index contributed by atoms with van der Waals surface area (Å²) >= 11 is 1.82. The fourth-order valence-electron chi connectivity index (χ4n) is 1.52. The number of anilines is 1. The monoisotopic (exact) mass is 239 g/mol. The summed E-state index contributed by atoms with van der Waals surface area (Å²) < 4.78 is 0. The summed E-state index contributed by atoms with van der Waals surface area (Å²) in [5.74, 6) is 2.56. The summed E-state index contributed by atoms with van der Waals surface area (Å²) in [5, 5.41) is 4.44. The molecule has 0 aliphatic carbocycles. The van der Waals surface area contributed by atoms with Crippen molar-refractivity contribution in [1.29, 1.82) is 0 Å². The maximum atomic E-state index is 4.39. The summed E-state index contributed by atoms with van der Waals surface area (Å²) in [7, 11) is 0. The van der Waals surface area contributed by atoms with Gasteiger partial charge in [-0.25, -0.2) is 9.97 Å². The number of hydrogen-bond acceptors (Lipinski definition) is 4. The van der Waals surface area contributed by atoms with Gasteiger partial charge in [0.2, 0.25) is 0 Å². The third-order valence-electron chi connectivity index (χ3n) is 2.21. The van der Waals surface area contributed by atoms with Gasteiger partial charge in [-0.2, -0.15) is 0 Å². The molecule has 0 aromatic carbocycles. The number of aromatic nitrogens is 2. The lowest BCUT2D eigenvalue weighted by atomic mass is 10.1. The van der Waals surface area contributed by atoms with Crippen molar-refractivity contribution in [1.82, 2.24) is 9.97 Å². The van der Waals surface area contributed by atoms with Crippen LogP contribution in [-0.2, 0) is 0 Å². The summed E-state index contributed by atoms with van der Waals surface area (Å²) in [6.07, 6.45) is 2.82. The highest BCUT2D eigenvalue weighted by atomic mass is 32.2. The fraction of sp³-hybridized carbons (Fsp3) is 0.667. The average Bonchev–Trinajstić information content (AvgIpc) is 2.26. The van der Waals surface area contributed by atoms with E-state index in [4.69, 9.17) is 0 Å². The Balaban J connectivity index is 3.00. The Morgan fingerprint density at radius 3 is 2.62 bits per heavy atom. The molecule has 1 aromatic heterocycles. The predicted octanol–water partition coefficient (Wildman–Crippen LogP) is 3.53. The van der Waals surface area contributed by atoms with Crippen molar-refractivity contribution in [3.05, 3.63) is 11.9 Å². The van der Waals surface area contributed by atoms with Gasteiger partial charge in [-0.1, -0.05) is 20.8 Å². The Labute approximate surface area is 102 Å². The van der Waals surface area contributed by atoms with Gasteiger partial charge in [0.05, 0.1) is 0 Å². The van der Waals surface area contributed by atoms with E-state index in [0.29, 0.717) is 5.92 Å². The number of nitrogens with one attached hydrogen (secondary N) is 1. The predicted molar refractivity (Wildman–Crippen MR) is 71.3 cm³/mol. The molecule has 90 valence electrons. The van der Waals surface area contributed by atoms with E-state index >= 15 is 0 Å². The van der Waals surface area contributed by atoms with Crippen molar-refractivity contribution in [3.8, 4) is 0 Å². The van der Waals surface area contributed by atoms with E-state index in [0.717, 1.165) is 23.1 Å². The second-order valence-corrected chi connectivity index (χ2v) is 5.06. The van der Waals surface area contributed by atoms with Gasteiger partial charge in [-0.3, -0.25) is 0 Å². The molecular formula is C12H21N3S. The summed E-state index contributed by atoms with van der Waals surface area (Å²) in [4.78, 5) is 8.72. The first kappa shape index (κ1) is 13.3. The summed E-state index contributed by atoms with van der Waals surface area (Å²) in [6, 6.07) is 0. The van der Waals surface area contributed by atoms with Crippen LogP contribution in [0.4, 0.5) is 5.82 Å². The van der Waals surface area contributed by atoms with Crippen LogP contribution in [0.25, 0.3) is 0 Å². The Bertz CT molecular complexity index is 326. The number of rotatable bonds is 6. The van der Waals surface area contributed by atoms with Crippen LogP contribution >= 0.6 is 11.8 Å². The smallest absolute Gasteiger partial charge is 0.133 e. The Kier molecular flexibility index (Phi) is 5.60. The quantitative estimate of drug-likeness (QED) is 0.608. The van der Waals surface area contributed by atoms with Gasteiger partial charge in [-0.05, 0) is 25.0 Å². The highest BCUT2D eigenvalue weighted by Crippen LogP contribution is 2.31. The topological polar surface area (TPSA) is 37.8 Å². The molecule has 0 spiro atoms. The van der Waals surface area contributed by atoms with E-state index in [9.17, 15) is 0 Å². The first-order chi connectivity index (χ1) is 7.70. The number of hydrogen-bond donors (Lipinski definition) is 1. The molecule has 1 heterocycles.